The number of likely N-dealkylation sites (N-methyl/N-ethyl adjacent to an activating group) is 1. The highest BCUT2D eigenvalue weighted by molar-refractivity contribution is 7.09. The van der Waals surface area contributed by atoms with Crippen LogP contribution < -0.4 is 0 Å². The van der Waals surface area contributed by atoms with Crippen molar-refractivity contribution in [2.75, 3.05) is 33.2 Å². The molecule has 6 heteroatoms. The highest BCUT2D eigenvalue weighted by Crippen LogP contribution is 2.42. The summed E-state index contributed by atoms with van der Waals surface area (Å²) in [6.07, 6.45) is 0. The van der Waals surface area contributed by atoms with Crippen molar-refractivity contribution in [3.05, 3.63) is 33.6 Å². The lowest BCUT2D eigenvalue weighted by Gasteiger charge is -2.31. The molecule has 0 bridgehead atoms. The van der Waals surface area contributed by atoms with Crippen LogP contribution in [-0.2, 0) is 17.4 Å². The lowest BCUT2D eigenvalue weighted by Crippen LogP contribution is -2.43. The lowest BCUT2D eigenvalue weighted by atomic mass is 9.78. The molecule has 0 amide bonds. The summed E-state index contributed by atoms with van der Waals surface area (Å²) in [6.45, 7) is 18.3. The van der Waals surface area contributed by atoms with Gasteiger partial charge in [-0.3, -0.25) is 4.90 Å². The first kappa shape index (κ1) is 24.1. The molecule has 0 radical (unpaired) electrons. The van der Waals surface area contributed by atoms with Gasteiger partial charge >= 0.3 is 0 Å². The summed E-state index contributed by atoms with van der Waals surface area (Å²) in [5, 5.41) is 14.3. The number of halogens is 1. The van der Waals surface area contributed by atoms with Gasteiger partial charge in [-0.2, -0.15) is 0 Å². The molecule has 162 valence electrons. The fraction of sp³-hybridized carbons (Fsp3) is 0.609. The monoisotopic (exact) mass is 437 g/mol. The molecule has 29 heavy (non-hydrogen) atoms. The molecular formula is C23H36ClN3OS. The molecule has 1 N–H and O–H groups in total. The Morgan fingerprint density at radius 3 is 1.97 bits per heavy atom. The van der Waals surface area contributed by atoms with Gasteiger partial charge in [0.25, 0.3) is 0 Å². The van der Waals surface area contributed by atoms with E-state index in [0.717, 1.165) is 55.1 Å². The van der Waals surface area contributed by atoms with Crippen LogP contribution in [0.5, 0.6) is 5.75 Å². The maximum absolute atomic E-state index is 10.9. The average molecular weight is 438 g/mol. The summed E-state index contributed by atoms with van der Waals surface area (Å²) >= 11 is 1.74. The van der Waals surface area contributed by atoms with E-state index in [1.807, 2.05) is 0 Å². The van der Waals surface area contributed by atoms with Gasteiger partial charge in [0.1, 0.15) is 10.8 Å². The second-order valence-corrected chi connectivity index (χ2v) is 11.1. The number of benzene rings is 1. The summed E-state index contributed by atoms with van der Waals surface area (Å²) in [7, 11) is 2.18. The zero-order chi connectivity index (χ0) is 20.7. The number of aromatic hydroxyl groups is 1. The van der Waals surface area contributed by atoms with Gasteiger partial charge in [-0.25, -0.2) is 4.98 Å². The normalized spacial score (nSPS) is 16.7. The quantitative estimate of drug-likeness (QED) is 0.709. The summed E-state index contributed by atoms with van der Waals surface area (Å²) in [6, 6.07) is 4.25. The van der Waals surface area contributed by atoms with E-state index in [-0.39, 0.29) is 23.2 Å². The van der Waals surface area contributed by atoms with Gasteiger partial charge in [-0.15, -0.1) is 23.7 Å². The molecule has 0 unspecified atom stereocenters. The number of piperazine rings is 1. The van der Waals surface area contributed by atoms with E-state index in [1.165, 1.54) is 5.01 Å². The second kappa shape index (κ2) is 8.93. The molecule has 4 nitrogen and oxygen atoms in total. The topological polar surface area (TPSA) is 39.6 Å². The number of hydrogen-bond donors (Lipinski definition) is 1. The Labute approximate surface area is 186 Å². The van der Waals surface area contributed by atoms with E-state index in [4.69, 9.17) is 4.98 Å². The predicted octanol–water partition coefficient (Wildman–Crippen LogP) is 5.28. The van der Waals surface area contributed by atoms with Gasteiger partial charge in [0.15, 0.2) is 0 Å². The van der Waals surface area contributed by atoms with E-state index in [1.54, 1.807) is 11.3 Å². The SMILES string of the molecule is CN1CCN(Cc2nc(-c3cc(C(C)(C)C)c(O)c(C(C)(C)C)c3)cs2)CC1.Cl. The fourth-order valence-electron chi connectivity index (χ4n) is 3.64. The highest BCUT2D eigenvalue weighted by Gasteiger charge is 2.27. The third-order valence-corrected chi connectivity index (χ3v) is 6.36. The molecule has 1 fully saturated rings. The van der Waals surface area contributed by atoms with Crippen LogP contribution in [0.3, 0.4) is 0 Å². The van der Waals surface area contributed by atoms with Crippen LogP contribution in [0.15, 0.2) is 17.5 Å². The Kier molecular flexibility index (Phi) is 7.43. The van der Waals surface area contributed by atoms with Crippen molar-refractivity contribution >= 4 is 23.7 Å². The third-order valence-electron chi connectivity index (χ3n) is 5.53. The Balaban J connectivity index is 0.00000300. The van der Waals surface area contributed by atoms with Crippen LogP contribution in [0.2, 0.25) is 0 Å². The first-order valence-electron chi connectivity index (χ1n) is 10.2. The molecule has 0 aliphatic carbocycles. The minimum Gasteiger partial charge on any atom is -0.507 e. The minimum atomic E-state index is -0.126. The van der Waals surface area contributed by atoms with Crippen LogP contribution in [0.25, 0.3) is 11.3 Å². The van der Waals surface area contributed by atoms with Gasteiger partial charge in [-0.1, -0.05) is 41.5 Å². The molecule has 3 rings (SSSR count). The Bertz CT molecular complexity index is 792. The standard InChI is InChI=1S/C23H35N3OS.ClH/c1-22(2,3)17-12-16(13-18(21(17)27)23(4,5)6)19-15-28-20(24-19)14-26-10-8-25(7)9-11-26;/h12-13,15,27H,8-11,14H2,1-7H3;1H. The van der Waals surface area contributed by atoms with Crippen LogP contribution in [0.4, 0.5) is 0 Å². The molecule has 2 heterocycles. The summed E-state index contributed by atoms with van der Waals surface area (Å²) in [5.74, 6) is 0.427. The molecule has 1 saturated heterocycles. The van der Waals surface area contributed by atoms with E-state index < -0.39 is 0 Å². The van der Waals surface area contributed by atoms with Crippen molar-refractivity contribution in [2.45, 2.75) is 58.9 Å². The predicted molar refractivity (Wildman–Crippen MR) is 127 cm³/mol. The molecule has 2 aromatic rings. The number of thiazole rings is 1. The molecule has 1 aromatic heterocycles. The number of nitrogens with zero attached hydrogens (tertiary/aromatic N) is 3. The van der Waals surface area contributed by atoms with E-state index >= 15 is 0 Å². The second-order valence-electron chi connectivity index (χ2n) is 10.1. The van der Waals surface area contributed by atoms with Crippen LogP contribution in [0.1, 0.15) is 57.7 Å². The number of hydrogen-bond acceptors (Lipinski definition) is 5. The number of phenolic OH excluding ortho intramolecular Hbond substituents is 1. The van der Waals surface area contributed by atoms with Crippen molar-refractivity contribution in [2.24, 2.45) is 0 Å². The van der Waals surface area contributed by atoms with Crippen LogP contribution in [0, 0.1) is 0 Å². The number of rotatable bonds is 3. The van der Waals surface area contributed by atoms with E-state index in [0.29, 0.717) is 5.75 Å². The molecule has 0 atom stereocenters. The van der Waals surface area contributed by atoms with Crippen molar-refractivity contribution in [3.8, 4) is 17.0 Å². The summed E-state index contributed by atoms with van der Waals surface area (Å²) < 4.78 is 0. The first-order chi connectivity index (χ1) is 12.9. The minimum absolute atomic E-state index is 0. The molecular weight excluding hydrogens is 402 g/mol. The van der Waals surface area contributed by atoms with Gasteiger partial charge in [-0.05, 0) is 30.0 Å². The highest BCUT2D eigenvalue weighted by atomic mass is 35.5. The zero-order valence-corrected chi connectivity index (χ0v) is 20.5. The molecule has 1 aromatic carbocycles. The average Bonchev–Trinajstić information content (AvgIpc) is 3.03. The maximum Gasteiger partial charge on any atom is 0.123 e. The largest absolute Gasteiger partial charge is 0.507 e. The van der Waals surface area contributed by atoms with Crippen molar-refractivity contribution < 1.29 is 5.11 Å². The third kappa shape index (κ3) is 5.72. The Hall–Kier alpha value is -1.14. The smallest absolute Gasteiger partial charge is 0.123 e. The van der Waals surface area contributed by atoms with E-state index in [9.17, 15) is 5.11 Å². The molecule has 1 aliphatic rings. The van der Waals surface area contributed by atoms with Crippen LogP contribution >= 0.6 is 23.7 Å². The van der Waals surface area contributed by atoms with Gasteiger partial charge in [0.05, 0.1) is 12.2 Å². The van der Waals surface area contributed by atoms with Gasteiger partial charge < -0.3 is 10.0 Å². The Morgan fingerprint density at radius 2 is 1.48 bits per heavy atom. The fourth-order valence-corrected chi connectivity index (χ4v) is 4.48. The van der Waals surface area contributed by atoms with Gasteiger partial charge in [0.2, 0.25) is 0 Å². The number of aromatic nitrogens is 1. The van der Waals surface area contributed by atoms with Crippen molar-refractivity contribution in [1.29, 1.82) is 0 Å². The van der Waals surface area contributed by atoms with Gasteiger partial charge in [0, 0.05) is 48.2 Å². The van der Waals surface area contributed by atoms with Crippen molar-refractivity contribution in [3.63, 3.8) is 0 Å². The summed E-state index contributed by atoms with van der Waals surface area (Å²) in [5.41, 5.74) is 3.85. The Morgan fingerprint density at radius 1 is 0.966 bits per heavy atom. The zero-order valence-electron chi connectivity index (χ0n) is 18.9. The molecule has 0 saturated carbocycles. The molecule has 0 spiro atoms. The number of phenols is 1. The van der Waals surface area contributed by atoms with Crippen LogP contribution in [-0.4, -0.2) is 53.1 Å². The van der Waals surface area contributed by atoms with E-state index in [2.05, 4.69) is 75.9 Å². The summed E-state index contributed by atoms with van der Waals surface area (Å²) in [4.78, 5) is 9.82. The van der Waals surface area contributed by atoms with Crippen molar-refractivity contribution in [1.82, 2.24) is 14.8 Å². The maximum atomic E-state index is 10.9. The molecule has 1 aliphatic heterocycles. The first-order valence-corrected chi connectivity index (χ1v) is 11.1. The lowest BCUT2D eigenvalue weighted by molar-refractivity contribution is 0.148.